The molecule has 6 nitrogen and oxygen atoms in total. The molecule has 104 valence electrons. The van der Waals surface area contributed by atoms with Crippen molar-refractivity contribution in [3.05, 3.63) is 0 Å². The molecular formula is C13H18N2O4. The number of terminal acetylenes is 1. The van der Waals surface area contributed by atoms with Crippen molar-refractivity contribution >= 4 is 12.0 Å². The molecule has 2 aliphatic heterocycles. The van der Waals surface area contributed by atoms with Gasteiger partial charge in [0.25, 0.3) is 0 Å². The number of hydrogen-bond donors (Lipinski definition) is 2. The monoisotopic (exact) mass is 266 g/mol. The second-order valence-corrected chi connectivity index (χ2v) is 4.92. The summed E-state index contributed by atoms with van der Waals surface area (Å²) in [5.74, 6) is 1.20. The average molecular weight is 266 g/mol. The molecule has 2 heterocycles. The van der Waals surface area contributed by atoms with Gasteiger partial charge in [0.15, 0.2) is 0 Å². The topological polar surface area (TPSA) is 78.9 Å². The fraction of sp³-hybridized carbons (Fsp3) is 0.692. The Kier molecular flexibility index (Phi) is 4.27. The van der Waals surface area contributed by atoms with Crippen molar-refractivity contribution in [3.63, 3.8) is 0 Å². The zero-order chi connectivity index (χ0) is 13.8. The number of nitrogens with zero attached hydrogens (tertiary/aromatic N) is 1. The normalized spacial score (nSPS) is 27.8. The van der Waals surface area contributed by atoms with Crippen LogP contribution in [-0.4, -0.2) is 53.8 Å². The lowest BCUT2D eigenvalue weighted by Gasteiger charge is -2.23. The molecule has 2 amide bonds. The largest absolute Gasteiger partial charge is 0.481 e. The highest BCUT2D eigenvalue weighted by atomic mass is 16.5. The summed E-state index contributed by atoms with van der Waals surface area (Å²) in [7, 11) is 0. The van der Waals surface area contributed by atoms with Gasteiger partial charge in [0.05, 0.1) is 12.0 Å². The lowest BCUT2D eigenvalue weighted by molar-refractivity contribution is -0.141. The Labute approximate surface area is 112 Å². The first-order valence-electron chi connectivity index (χ1n) is 6.48. The van der Waals surface area contributed by atoms with Gasteiger partial charge in [0.2, 0.25) is 0 Å². The minimum atomic E-state index is -0.858. The molecule has 2 rings (SSSR count). The van der Waals surface area contributed by atoms with Crippen molar-refractivity contribution in [2.75, 3.05) is 19.7 Å². The van der Waals surface area contributed by atoms with Gasteiger partial charge >= 0.3 is 12.0 Å². The molecule has 3 unspecified atom stereocenters. The lowest BCUT2D eigenvalue weighted by atomic mass is 10.1. The number of aliphatic carboxylic acids is 1. The van der Waals surface area contributed by atoms with E-state index >= 15 is 0 Å². The standard InChI is InChI=1S/C13H18N2O4/c1-2-10(11-4-3-7-19-11)14-13(18)15-6-5-9(8-15)12(16)17/h1,9-11H,3-8H2,(H,14,18)(H,16,17). The Morgan fingerprint density at radius 3 is 2.79 bits per heavy atom. The van der Waals surface area contributed by atoms with Crippen LogP contribution in [-0.2, 0) is 9.53 Å². The molecule has 0 aromatic rings. The molecule has 3 atom stereocenters. The quantitative estimate of drug-likeness (QED) is 0.719. The Morgan fingerprint density at radius 1 is 1.47 bits per heavy atom. The smallest absolute Gasteiger partial charge is 0.318 e. The fourth-order valence-electron chi connectivity index (χ4n) is 2.48. The number of carboxylic acid groups (broad SMARTS) is 1. The van der Waals surface area contributed by atoms with Crippen molar-refractivity contribution in [2.45, 2.75) is 31.4 Å². The molecule has 6 heteroatoms. The Hall–Kier alpha value is -1.74. The lowest BCUT2D eigenvalue weighted by Crippen LogP contribution is -2.48. The van der Waals surface area contributed by atoms with Crippen molar-refractivity contribution < 1.29 is 19.4 Å². The summed E-state index contributed by atoms with van der Waals surface area (Å²) in [5, 5.41) is 11.6. The third-order valence-corrected chi connectivity index (χ3v) is 3.62. The number of ether oxygens (including phenoxy) is 1. The molecule has 19 heavy (non-hydrogen) atoms. The van der Waals surface area contributed by atoms with Crippen molar-refractivity contribution in [3.8, 4) is 12.3 Å². The van der Waals surface area contributed by atoms with E-state index < -0.39 is 17.9 Å². The molecule has 0 aromatic heterocycles. The maximum absolute atomic E-state index is 12.0. The second kappa shape index (κ2) is 5.93. The predicted octanol–water partition coefficient (Wildman–Crippen LogP) is 0.283. The van der Waals surface area contributed by atoms with E-state index in [1.54, 1.807) is 0 Å². The minimum Gasteiger partial charge on any atom is -0.481 e. The third-order valence-electron chi connectivity index (χ3n) is 3.62. The van der Waals surface area contributed by atoms with E-state index in [4.69, 9.17) is 16.3 Å². The summed E-state index contributed by atoms with van der Waals surface area (Å²) < 4.78 is 5.46. The Morgan fingerprint density at radius 2 is 2.26 bits per heavy atom. The number of carboxylic acids is 1. The van der Waals surface area contributed by atoms with E-state index in [0.29, 0.717) is 19.6 Å². The number of rotatable bonds is 3. The summed E-state index contributed by atoms with van der Waals surface area (Å²) >= 11 is 0. The summed E-state index contributed by atoms with van der Waals surface area (Å²) in [5.41, 5.74) is 0. The zero-order valence-corrected chi connectivity index (χ0v) is 10.7. The van der Waals surface area contributed by atoms with E-state index in [1.165, 1.54) is 4.90 Å². The molecule has 2 N–H and O–H groups in total. The van der Waals surface area contributed by atoms with E-state index in [2.05, 4.69) is 11.2 Å². The molecule has 0 bridgehead atoms. The number of urea groups is 1. The van der Waals surface area contributed by atoms with Crippen LogP contribution in [0.4, 0.5) is 4.79 Å². The van der Waals surface area contributed by atoms with Gasteiger partial charge in [-0.05, 0) is 19.3 Å². The van der Waals surface area contributed by atoms with E-state index in [0.717, 1.165) is 12.8 Å². The van der Waals surface area contributed by atoms with Gasteiger partial charge in [-0.15, -0.1) is 6.42 Å². The summed E-state index contributed by atoms with van der Waals surface area (Å²) in [4.78, 5) is 24.4. The molecule has 0 spiro atoms. The highest BCUT2D eigenvalue weighted by Gasteiger charge is 2.33. The van der Waals surface area contributed by atoms with Gasteiger partial charge in [-0.2, -0.15) is 0 Å². The molecule has 0 aromatic carbocycles. The second-order valence-electron chi connectivity index (χ2n) is 4.92. The van der Waals surface area contributed by atoms with Gasteiger partial charge in [-0.1, -0.05) is 5.92 Å². The average Bonchev–Trinajstić information content (AvgIpc) is 3.05. The van der Waals surface area contributed by atoms with Crippen LogP contribution < -0.4 is 5.32 Å². The van der Waals surface area contributed by atoms with Gasteiger partial charge in [-0.3, -0.25) is 4.79 Å². The maximum Gasteiger partial charge on any atom is 0.318 e. The molecular weight excluding hydrogens is 248 g/mol. The van der Waals surface area contributed by atoms with Crippen molar-refractivity contribution in [1.29, 1.82) is 0 Å². The highest BCUT2D eigenvalue weighted by Crippen LogP contribution is 2.18. The first-order valence-corrected chi connectivity index (χ1v) is 6.48. The molecule has 2 saturated heterocycles. The third kappa shape index (κ3) is 3.18. The van der Waals surface area contributed by atoms with Gasteiger partial charge in [0, 0.05) is 19.7 Å². The van der Waals surface area contributed by atoms with Crippen LogP contribution in [0.15, 0.2) is 0 Å². The zero-order valence-electron chi connectivity index (χ0n) is 10.7. The van der Waals surface area contributed by atoms with Gasteiger partial charge in [-0.25, -0.2) is 4.79 Å². The molecule has 0 aliphatic carbocycles. The summed E-state index contributed by atoms with van der Waals surface area (Å²) in [6, 6.07) is -0.749. The molecule has 0 radical (unpaired) electrons. The van der Waals surface area contributed by atoms with Crippen LogP contribution in [0, 0.1) is 18.3 Å². The van der Waals surface area contributed by atoms with E-state index in [9.17, 15) is 9.59 Å². The first kappa shape index (κ1) is 13.7. The number of hydrogen-bond acceptors (Lipinski definition) is 3. The predicted molar refractivity (Wildman–Crippen MR) is 67.4 cm³/mol. The van der Waals surface area contributed by atoms with Crippen molar-refractivity contribution in [2.24, 2.45) is 5.92 Å². The van der Waals surface area contributed by atoms with E-state index in [-0.39, 0.29) is 18.7 Å². The number of carbonyl (C=O) groups is 2. The summed E-state index contributed by atoms with van der Waals surface area (Å²) in [6.45, 7) is 1.36. The van der Waals surface area contributed by atoms with E-state index in [1.807, 2.05) is 0 Å². The maximum atomic E-state index is 12.0. The number of amides is 2. The fourth-order valence-corrected chi connectivity index (χ4v) is 2.48. The van der Waals surface area contributed by atoms with Gasteiger partial charge in [0.1, 0.15) is 6.04 Å². The highest BCUT2D eigenvalue weighted by molar-refractivity contribution is 5.78. The number of carbonyl (C=O) groups excluding carboxylic acids is 1. The number of likely N-dealkylation sites (tertiary alicyclic amines) is 1. The molecule has 2 aliphatic rings. The Balaban J connectivity index is 1.86. The van der Waals surface area contributed by atoms with Crippen LogP contribution in [0.3, 0.4) is 0 Å². The minimum absolute atomic E-state index is 0.133. The van der Waals surface area contributed by atoms with Crippen LogP contribution in [0.2, 0.25) is 0 Å². The molecule has 0 saturated carbocycles. The van der Waals surface area contributed by atoms with Crippen LogP contribution in [0.1, 0.15) is 19.3 Å². The van der Waals surface area contributed by atoms with Gasteiger partial charge < -0.3 is 20.1 Å². The Bertz CT molecular complexity index is 398. The molecule has 2 fully saturated rings. The first-order chi connectivity index (χ1) is 9.11. The van der Waals surface area contributed by atoms with Crippen LogP contribution in [0.25, 0.3) is 0 Å². The van der Waals surface area contributed by atoms with Crippen LogP contribution in [0.5, 0.6) is 0 Å². The number of nitrogens with one attached hydrogen (secondary N) is 1. The summed E-state index contributed by atoms with van der Waals surface area (Å²) in [6.07, 6.45) is 7.56. The van der Waals surface area contributed by atoms with Crippen molar-refractivity contribution in [1.82, 2.24) is 10.2 Å². The van der Waals surface area contributed by atoms with Crippen LogP contribution >= 0.6 is 0 Å². The SMILES string of the molecule is C#CC(NC(=O)N1CCC(C(=O)O)C1)C1CCCO1.